The van der Waals surface area contributed by atoms with E-state index in [2.05, 4.69) is 26.9 Å². The molecule has 1 saturated carbocycles. The first-order valence-corrected chi connectivity index (χ1v) is 12.7. The zero-order valence-corrected chi connectivity index (χ0v) is 20.5. The van der Waals surface area contributed by atoms with Gasteiger partial charge in [0, 0.05) is 61.7 Å². The van der Waals surface area contributed by atoms with Crippen LogP contribution in [0, 0.1) is 17.2 Å². The van der Waals surface area contributed by atoms with E-state index in [0.29, 0.717) is 68.1 Å². The fourth-order valence-electron chi connectivity index (χ4n) is 5.37. The molecule has 1 saturated heterocycles. The fraction of sp³-hybridized carbons (Fsp3) is 0.520. The molecule has 1 atom stereocenters. The Kier molecular flexibility index (Phi) is 5.66. The van der Waals surface area contributed by atoms with Gasteiger partial charge >= 0.3 is 6.03 Å². The minimum absolute atomic E-state index is 0.0623. The Morgan fingerprint density at radius 3 is 2.77 bits per heavy atom. The van der Waals surface area contributed by atoms with Crippen molar-refractivity contribution in [2.75, 3.05) is 44.8 Å². The van der Waals surface area contributed by atoms with Crippen LogP contribution in [0.5, 0.6) is 0 Å². The van der Waals surface area contributed by atoms with Gasteiger partial charge in [-0.05, 0) is 25.0 Å². The third-order valence-corrected chi connectivity index (χ3v) is 7.86. The SMILES string of the molecule is CNC(=O)N1CCn2c(C3CC3)nc(CC3C=c4nc(N5CCOCC5)c(C#N)cc4=C3Cl)c2C1. The summed E-state index contributed by atoms with van der Waals surface area (Å²) in [5.41, 5.74) is 2.64. The summed E-state index contributed by atoms with van der Waals surface area (Å²) in [7, 11) is 1.66. The Labute approximate surface area is 208 Å². The molecule has 10 heteroatoms. The molecule has 4 aliphatic rings. The van der Waals surface area contributed by atoms with Crippen molar-refractivity contribution in [2.45, 2.75) is 38.3 Å². The molecule has 1 unspecified atom stereocenters. The van der Waals surface area contributed by atoms with Crippen molar-refractivity contribution in [1.29, 1.82) is 5.26 Å². The topological polar surface area (TPSA) is 99.3 Å². The average Bonchev–Trinajstić information content (AvgIpc) is 3.62. The second-order valence-electron chi connectivity index (χ2n) is 9.59. The molecule has 4 heterocycles. The number of nitrogens with zero attached hydrogens (tertiary/aromatic N) is 6. The van der Waals surface area contributed by atoms with E-state index in [9.17, 15) is 10.1 Å². The second kappa shape index (κ2) is 8.85. The molecule has 9 nitrogen and oxygen atoms in total. The molecule has 35 heavy (non-hydrogen) atoms. The molecule has 2 aliphatic heterocycles. The van der Waals surface area contributed by atoms with Crippen LogP contribution in [-0.2, 0) is 24.2 Å². The van der Waals surface area contributed by atoms with Crippen molar-refractivity contribution in [3.63, 3.8) is 0 Å². The summed E-state index contributed by atoms with van der Waals surface area (Å²) in [6.45, 7) is 4.69. The minimum Gasteiger partial charge on any atom is -0.378 e. The summed E-state index contributed by atoms with van der Waals surface area (Å²) in [5, 5.41) is 14.9. The van der Waals surface area contributed by atoms with Crippen LogP contribution < -0.4 is 20.8 Å². The number of imidazole rings is 1. The van der Waals surface area contributed by atoms with E-state index in [-0.39, 0.29) is 11.9 Å². The van der Waals surface area contributed by atoms with Gasteiger partial charge in [-0.25, -0.2) is 14.8 Å². The Balaban J connectivity index is 1.34. The van der Waals surface area contributed by atoms with Gasteiger partial charge in [-0.1, -0.05) is 11.6 Å². The third kappa shape index (κ3) is 3.95. The lowest BCUT2D eigenvalue weighted by molar-refractivity contribution is 0.122. The number of carbonyl (C=O) groups is 1. The highest BCUT2D eigenvalue weighted by Crippen LogP contribution is 2.41. The molecule has 0 aromatic carbocycles. The second-order valence-corrected chi connectivity index (χ2v) is 10.0. The number of carbonyl (C=O) groups excluding carboxylic acids is 1. The normalized spacial score (nSPS) is 21.3. The van der Waals surface area contributed by atoms with E-state index in [1.165, 1.54) is 12.8 Å². The Morgan fingerprint density at radius 1 is 1.26 bits per heavy atom. The molecule has 0 bridgehead atoms. The number of anilines is 1. The van der Waals surface area contributed by atoms with Crippen molar-refractivity contribution < 1.29 is 9.53 Å². The smallest absolute Gasteiger partial charge is 0.317 e. The number of hydrogen-bond acceptors (Lipinski definition) is 6. The highest BCUT2D eigenvalue weighted by atomic mass is 35.5. The molecule has 6 rings (SSSR count). The summed E-state index contributed by atoms with van der Waals surface area (Å²) in [4.78, 5) is 26.2. The van der Waals surface area contributed by atoms with E-state index in [4.69, 9.17) is 26.3 Å². The number of halogens is 1. The predicted octanol–water partition coefficient (Wildman–Crippen LogP) is 1.02. The predicted molar refractivity (Wildman–Crippen MR) is 131 cm³/mol. The van der Waals surface area contributed by atoms with Crippen LogP contribution in [0.2, 0.25) is 0 Å². The van der Waals surface area contributed by atoms with Gasteiger partial charge in [0.1, 0.15) is 17.7 Å². The Morgan fingerprint density at radius 2 is 2.06 bits per heavy atom. The monoisotopic (exact) mass is 493 g/mol. The van der Waals surface area contributed by atoms with Gasteiger partial charge in [0.15, 0.2) is 0 Å². The number of pyridine rings is 1. The van der Waals surface area contributed by atoms with E-state index >= 15 is 0 Å². The van der Waals surface area contributed by atoms with Crippen LogP contribution in [0.15, 0.2) is 6.07 Å². The number of fused-ring (bicyclic) bond motifs is 2. The summed E-state index contributed by atoms with van der Waals surface area (Å²) in [6, 6.07) is 4.11. The lowest BCUT2D eigenvalue weighted by Crippen LogP contribution is -2.43. The van der Waals surface area contributed by atoms with Gasteiger partial charge in [0.05, 0.1) is 42.1 Å². The Bertz CT molecular complexity index is 1350. The number of ether oxygens (including phenoxy) is 1. The molecule has 1 N–H and O–H groups in total. The number of amides is 2. The van der Waals surface area contributed by atoms with E-state index in [1.807, 2.05) is 11.0 Å². The maximum Gasteiger partial charge on any atom is 0.317 e. The molecule has 2 aromatic heterocycles. The van der Waals surface area contributed by atoms with Crippen LogP contribution in [0.4, 0.5) is 10.6 Å². The average molecular weight is 494 g/mol. The first-order valence-electron chi connectivity index (χ1n) is 12.3. The number of aromatic nitrogens is 3. The third-order valence-electron chi connectivity index (χ3n) is 7.38. The van der Waals surface area contributed by atoms with Crippen molar-refractivity contribution >= 4 is 34.6 Å². The standard InChI is InChI=1S/C25H28ClN7O2/c1-28-25(34)32-4-5-33-21(14-32)20(30-24(33)15-2-3-15)12-16-11-19-18(22(16)26)10-17(13-27)23(29-19)31-6-8-35-9-7-31/h10-11,15-16H,2-9,12,14H2,1H3,(H,28,34). The van der Waals surface area contributed by atoms with Gasteiger partial charge in [0.2, 0.25) is 0 Å². The minimum atomic E-state index is -0.0651. The number of hydrogen-bond donors (Lipinski definition) is 1. The first kappa shape index (κ1) is 22.4. The molecule has 182 valence electrons. The van der Waals surface area contributed by atoms with E-state index in [0.717, 1.165) is 34.3 Å². The molecule has 2 aromatic rings. The van der Waals surface area contributed by atoms with Crippen LogP contribution in [0.25, 0.3) is 11.1 Å². The zero-order valence-electron chi connectivity index (χ0n) is 19.8. The van der Waals surface area contributed by atoms with Crippen LogP contribution in [0.3, 0.4) is 0 Å². The quantitative estimate of drug-likeness (QED) is 0.682. The summed E-state index contributed by atoms with van der Waals surface area (Å²) in [5.74, 6) is 2.31. The summed E-state index contributed by atoms with van der Waals surface area (Å²) >= 11 is 6.89. The molecule has 2 amide bonds. The van der Waals surface area contributed by atoms with Gasteiger partial charge in [-0.2, -0.15) is 5.26 Å². The fourth-order valence-corrected chi connectivity index (χ4v) is 5.66. The van der Waals surface area contributed by atoms with Gasteiger partial charge in [-0.15, -0.1) is 0 Å². The lowest BCUT2D eigenvalue weighted by Gasteiger charge is -2.29. The van der Waals surface area contributed by atoms with Crippen LogP contribution >= 0.6 is 11.6 Å². The van der Waals surface area contributed by atoms with Crippen molar-refractivity contribution in [2.24, 2.45) is 5.92 Å². The highest BCUT2D eigenvalue weighted by molar-refractivity contribution is 6.46. The first-order chi connectivity index (χ1) is 17.1. The highest BCUT2D eigenvalue weighted by Gasteiger charge is 2.35. The van der Waals surface area contributed by atoms with Crippen LogP contribution in [0.1, 0.15) is 41.5 Å². The molecule has 0 spiro atoms. The molecule has 2 aliphatic carbocycles. The zero-order chi connectivity index (χ0) is 24.1. The van der Waals surface area contributed by atoms with Gasteiger partial charge < -0.3 is 24.4 Å². The van der Waals surface area contributed by atoms with Crippen molar-refractivity contribution in [3.05, 3.63) is 39.4 Å². The van der Waals surface area contributed by atoms with Crippen LogP contribution in [-0.4, -0.2) is 65.4 Å². The van der Waals surface area contributed by atoms with Gasteiger partial charge in [0.25, 0.3) is 0 Å². The number of rotatable bonds is 4. The maximum atomic E-state index is 12.3. The number of nitrogens with one attached hydrogen (secondary N) is 1. The Hall–Kier alpha value is -3.09. The van der Waals surface area contributed by atoms with Gasteiger partial charge in [-0.3, -0.25) is 0 Å². The summed E-state index contributed by atoms with van der Waals surface area (Å²) < 4.78 is 7.79. The van der Waals surface area contributed by atoms with E-state index < -0.39 is 0 Å². The number of nitriles is 1. The number of urea groups is 1. The number of morpholine rings is 1. The van der Waals surface area contributed by atoms with Crippen molar-refractivity contribution in [1.82, 2.24) is 24.8 Å². The molecular weight excluding hydrogens is 466 g/mol. The molecule has 0 radical (unpaired) electrons. The van der Waals surface area contributed by atoms with Crippen molar-refractivity contribution in [3.8, 4) is 6.07 Å². The maximum absolute atomic E-state index is 12.3. The molecular formula is C25H28ClN7O2. The molecule has 2 fully saturated rings. The summed E-state index contributed by atoms with van der Waals surface area (Å²) in [6.07, 6.45) is 5.10. The van der Waals surface area contributed by atoms with E-state index in [1.54, 1.807) is 7.05 Å². The largest absolute Gasteiger partial charge is 0.378 e. The lowest BCUT2D eigenvalue weighted by atomic mass is 10.0.